The second kappa shape index (κ2) is 5.28. The van der Waals surface area contributed by atoms with E-state index in [4.69, 9.17) is 0 Å². The molecule has 17 heavy (non-hydrogen) atoms. The molecule has 2 atom stereocenters. The summed E-state index contributed by atoms with van der Waals surface area (Å²) in [5.74, 6) is 0.998. The lowest BCUT2D eigenvalue weighted by atomic mass is 9.68. The fourth-order valence-corrected chi connectivity index (χ4v) is 2.72. The van der Waals surface area contributed by atoms with E-state index in [1.54, 1.807) is 6.07 Å². The van der Waals surface area contributed by atoms with Gasteiger partial charge in [0, 0.05) is 6.54 Å². The fraction of sp³-hybridized carbons (Fsp3) is 0.571. The summed E-state index contributed by atoms with van der Waals surface area (Å²) in [6.07, 6.45) is 1.16. The second-order valence-corrected chi connectivity index (χ2v) is 5.38. The smallest absolute Gasteiger partial charge is 0.115 e. The molecule has 2 rings (SSSR count). The summed E-state index contributed by atoms with van der Waals surface area (Å²) in [5.41, 5.74) is 1.47. The fourth-order valence-electron chi connectivity index (χ4n) is 2.72. The van der Waals surface area contributed by atoms with Crippen LogP contribution in [0.1, 0.15) is 25.8 Å². The molecule has 0 aliphatic carbocycles. The Labute approximate surface area is 110 Å². The zero-order valence-electron chi connectivity index (χ0n) is 10.8. The number of hydrogen-bond acceptors (Lipinski definition) is 2. The van der Waals surface area contributed by atoms with E-state index >= 15 is 0 Å². The lowest BCUT2D eigenvalue weighted by Gasteiger charge is -2.44. The quantitative estimate of drug-likeness (QED) is 0.834. The van der Waals surface area contributed by atoms with Gasteiger partial charge in [0.25, 0.3) is 0 Å². The number of likely N-dealkylation sites (tertiary alicyclic amines) is 1. The lowest BCUT2D eigenvalue weighted by Crippen LogP contribution is -2.45. The zero-order chi connectivity index (χ0) is 11.8. The monoisotopic (exact) mass is 255 g/mol. The minimum absolute atomic E-state index is 0. The van der Waals surface area contributed by atoms with Crippen molar-refractivity contribution in [3.63, 3.8) is 0 Å². The third kappa shape index (κ3) is 2.75. The molecule has 0 radical (unpaired) electrons. The standard InChI is InChI=1S/C14H21NO.ClH/c1-11-10-15(3)8-7-14(11,2)12-5-4-6-13(16)9-12;/h4-6,9,11,16H,7-8,10H2,1-3H3;1H/t11-,14+;/m0./s1. The third-order valence-corrected chi connectivity index (χ3v) is 4.19. The van der Waals surface area contributed by atoms with E-state index in [1.165, 1.54) is 5.56 Å². The molecule has 96 valence electrons. The van der Waals surface area contributed by atoms with E-state index in [1.807, 2.05) is 12.1 Å². The molecule has 1 N–H and O–H groups in total. The van der Waals surface area contributed by atoms with Gasteiger partial charge in [-0.25, -0.2) is 0 Å². The Kier molecular flexibility index (Phi) is 4.45. The summed E-state index contributed by atoms with van der Waals surface area (Å²) < 4.78 is 0. The van der Waals surface area contributed by atoms with Gasteiger partial charge in [-0.3, -0.25) is 0 Å². The van der Waals surface area contributed by atoms with Gasteiger partial charge in [0.1, 0.15) is 5.75 Å². The van der Waals surface area contributed by atoms with Crippen molar-refractivity contribution < 1.29 is 5.11 Å². The van der Waals surface area contributed by atoms with Gasteiger partial charge in [0.15, 0.2) is 0 Å². The molecule has 0 bridgehead atoms. The molecule has 1 heterocycles. The van der Waals surface area contributed by atoms with Crippen LogP contribution in [-0.2, 0) is 5.41 Å². The molecular formula is C14H22ClNO. The molecule has 1 aliphatic rings. The van der Waals surface area contributed by atoms with E-state index in [0.29, 0.717) is 11.7 Å². The molecule has 1 saturated heterocycles. The summed E-state index contributed by atoms with van der Waals surface area (Å²) in [6, 6.07) is 7.75. The van der Waals surface area contributed by atoms with Crippen LogP contribution in [0.2, 0.25) is 0 Å². The Morgan fingerprint density at radius 3 is 2.71 bits per heavy atom. The first-order valence-electron chi connectivity index (χ1n) is 6.00. The highest BCUT2D eigenvalue weighted by Gasteiger charge is 2.36. The molecule has 0 unspecified atom stereocenters. The average molecular weight is 256 g/mol. The van der Waals surface area contributed by atoms with Crippen LogP contribution in [0.3, 0.4) is 0 Å². The Bertz CT molecular complexity index is 382. The Morgan fingerprint density at radius 1 is 1.41 bits per heavy atom. The maximum Gasteiger partial charge on any atom is 0.115 e. The first kappa shape index (κ1) is 14.3. The molecule has 1 aliphatic heterocycles. The van der Waals surface area contributed by atoms with Crippen molar-refractivity contribution in [3.8, 4) is 5.75 Å². The van der Waals surface area contributed by atoms with Gasteiger partial charge in [0.2, 0.25) is 0 Å². The summed E-state index contributed by atoms with van der Waals surface area (Å²) in [5, 5.41) is 9.59. The molecular weight excluding hydrogens is 234 g/mol. The number of piperidine rings is 1. The summed E-state index contributed by atoms with van der Waals surface area (Å²) in [7, 11) is 2.18. The van der Waals surface area contributed by atoms with Crippen LogP contribution in [0.25, 0.3) is 0 Å². The molecule has 2 nitrogen and oxygen atoms in total. The zero-order valence-corrected chi connectivity index (χ0v) is 11.6. The Hall–Kier alpha value is -0.730. The number of aromatic hydroxyl groups is 1. The van der Waals surface area contributed by atoms with Crippen LogP contribution >= 0.6 is 12.4 Å². The maximum absolute atomic E-state index is 9.59. The van der Waals surface area contributed by atoms with Gasteiger partial charge in [0.05, 0.1) is 0 Å². The maximum atomic E-state index is 9.59. The molecule has 0 saturated carbocycles. The number of phenols is 1. The predicted octanol–water partition coefficient (Wildman–Crippen LogP) is 3.04. The number of halogens is 1. The number of phenolic OH excluding ortho intramolecular Hbond substituents is 1. The molecule has 0 aromatic heterocycles. The lowest BCUT2D eigenvalue weighted by molar-refractivity contribution is 0.133. The van der Waals surface area contributed by atoms with E-state index < -0.39 is 0 Å². The molecule has 1 aromatic carbocycles. The van der Waals surface area contributed by atoms with Gasteiger partial charge in [-0.2, -0.15) is 0 Å². The molecule has 3 heteroatoms. The van der Waals surface area contributed by atoms with Crippen LogP contribution in [0.4, 0.5) is 0 Å². The second-order valence-electron chi connectivity index (χ2n) is 5.38. The van der Waals surface area contributed by atoms with Crippen molar-refractivity contribution in [2.45, 2.75) is 25.7 Å². The van der Waals surface area contributed by atoms with E-state index in [9.17, 15) is 5.11 Å². The van der Waals surface area contributed by atoms with Gasteiger partial charge in [-0.1, -0.05) is 26.0 Å². The molecule has 1 aromatic rings. The van der Waals surface area contributed by atoms with Gasteiger partial charge < -0.3 is 10.0 Å². The normalized spacial score (nSPS) is 29.7. The summed E-state index contributed by atoms with van der Waals surface area (Å²) in [4.78, 5) is 2.38. The van der Waals surface area contributed by atoms with Crippen molar-refractivity contribution in [3.05, 3.63) is 29.8 Å². The van der Waals surface area contributed by atoms with Crippen LogP contribution in [0, 0.1) is 5.92 Å². The van der Waals surface area contributed by atoms with Crippen molar-refractivity contribution >= 4 is 12.4 Å². The SMILES string of the molecule is C[C@H]1CN(C)CC[C@@]1(C)c1cccc(O)c1.Cl. The van der Waals surface area contributed by atoms with Crippen LogP contribution in [0.5, 0.6) is 5.75 Å². The Morgan fingerprint density at radius 2 is 2.12 bits per heavy atom. The van der Waals surface area contributed by atoms with Crippen LogP contribution in [0.15, 0.2) is 24.3 Å². The van der Waals surface area contributed by atoms with Gasteiger partial charge in [-0.15, -0.1) is 12.4 Å². The summed E-state index contributed by atoms with van der Waals surface area (Å²) >= 11 is 0. The van der Waals surface area contributed by atoms with Crippen LogP contribution in [-0.4, -0.2) is 30.1 Å². The number of rotatable bonds is 1. The minimum atomic E-state index is 0. The Balaban J connectivity index is 0.00000144. The van der Waals surface area contributed by atoms with E-state index in [0.717, 1.165) is 19.5 Å². The molecule has 0 spiro atoms. The van der Waals surface area contributed by atoms with E-state index in [2.05, 4.69) is 31.9 Å². The highest BCUT2D eigenvalue weighted by atomic mass is 35.5. The van der Waals surface area contributed by atoms with Crippen LogP contribution < -0.4 is 0 Å². The minimum Gasteiger partial charge on any atom is -0.508 e. The highest BCUT2D eigenvalue weighted by molar-refractivity contribution is 5.85. The summed E-state index contributed by atoms with van der Waals surface area (Å²) in [6.45, 7) is 6.89. The first-order valence-corrected chi connectivity index (χ1v) is 6.00. The molecule has 1 fully saturated rings. The first-order chi connectivity index (χ1) is 7.52. The van der Waals surface area contributed by atoms with Crippen molar-refractivity contribution in [1.29, 1.82) is 0 Å². The van der Waals surface area contributed by atoms with Crippen molar-refractivity contribution in [1.82, 2.24) is 4.90 Å². The van der Waals surface area contributed by atoms with E-state index in [-0.39, 0.29) is 17.8 Å². The molecule has 0 amide bonds. The number of nitrogens with zero attached hydrogens (tertiary/aromatic N) is 1. The van der Waals surface area contributed by atoms with Gasteiger partial charge >= 0.3 is 0 Å². The van der Waals surface area contributed by atoms with Crippen molar-refractivity contribution in [2.24, 2.45) is 5.92 Å². The average Bonchev–Trinajstić information content (AvgIpc) is 2.24. The number of hydrogen-bond donors (Lipinski definition) is 1. The van der Waals surface area contributed by atoms with Gasteiger partial charge in [-0.05, 0) is 49.0 Å². The largest absolute Gasteiger partial charge is 0.508 e. The third-order valence-electron chi connectivity index (χ3n) is 4.19. The topological polar surface area (TPSA) is 23.5 Å². The highest BCUT2D eigenvalue weighted by Crippen LogP contribution is 2.39. The predicted molar refractivity (Wildman–Crippen MR) is 74.0 cm³/mol. The van der Waals surface area contributed by atoms with Crippen molar-refractivity contribution in [2.75, 3.05) is 20.1 Å². The number of benzene rings is 1.